The van der Waals surface area contributed by atoms with Gasteiger partial charge < -0.3 is 14.4 Å². The van der Waals surface area contributed by atoms with E-state index in [1.54, 1.807) is 14.2 Å². The predicted octanol–water partition coefficient (Wildman–Crippen LogP) is 3.40. The first kappa shape index (κ1) is 15.4. The maximum Gasteiger partial charge on any atom is 0.234 e. The number of anilines is 1. The van der Waals surface area contributed by atoms with Crippen LogP contribution in [0.4, 0.5) is 5.69 Å². The molecule has 3 rings (SSSR count). The van der Waals surface area contributed by atoms with E-state index >= 15 is 0 Å². The average molecular weight is 311 g/mol. The van der Waals surface area contributed by atoms with Crippen molar-refractivity contribution >= 4 is 11.6 Å². The molecule has 1 aliphatic rings. The molecule has 0 saturated heterocycles. The summed E-state index contributed by atoms with van der Waals surface area (Å²) in [6.45, 7) is 2.69. The number of fused-ring (bicyclic) bond motifs is 1. The second-order valence-corrected chi connectivity index (χ2v) is 5.58. The number of nitrogens with zero attached hydrogens (tertiary/aromatic N) is 1. The zero-order valence-corrected chi connectivity index (χ0v) is 13.7. The molecule has 0 aromatic heterocycles. The first-order chi connectivity index (χ1) is 11.2. The fourth-order valence-electron chi connectivity index (χ4n) is 3.23. The molecule has 0 spiro atoms. The summed E-state index contributed by atoms with van der Waals surface area (Å²) in [6.07, 6.45) is 0.625. The van der Waals surface area contributed by atoms with Crippen molar-refractivity contribution in [2.75, 3.05) is 25.7 Å². The van der Waals surface area contributed by atoms with E-state index in [-0.39, 0.29) is 11.8 Å². The molecule has 1 amide bonds. The summed E-state index contributed by atoms with van der Waals surface area (Å²) in [6, 6.07) is 13.8. The lowest BCUT2D eigenvalue weighted by atomic mass is 9.93. The molecule has 120 valence electrons. The average Bonchev–Trinajstić information content (AvgIpc) is 2.86. The van der Waals surface area contributed by atoms with Crippen molar-refractivity contribution < 1.29 is 14.3 Å². The Bertz CT molecular complexity index is 726. The molecule has 1 unspecified atom stereocenters. The molecule has 0 aliphatic carbocycles. The Morgan fingerprint density at radius 1 is 1.09 bits per heavy atom. The van der Waals surface area contributed by atoms with Gasteiger partial charge in [0.2, 0.25) is 5.91 Å². The van der Waals surface area contributed by atoms with E-state index in [2.05, 4.69) is 0 Å². The zero-order chi connectivity index (χ0) is 16.4. The molecule has 23 heavy (non-hydrogen) atoms. The molecule has 1 atom stereocenters. The van der Waals surface area contributed by atoms with Crippen molar-refractivity contribution in [3.05, 3.63) is 53.6 Å². The van der Waals surface area contributed by atoms with Crippen LogP contribution < -0.4 is 14.4 Å². The smallest absolute Gasteiger partial charge is 0.234 e. The Balaban J connectivity index is 1.96. The maximum atomic E-state index is 12.8. The fourth-order valence-corrected chi connectivity index (χ4v) is 3.23. The molecule has 0 bridgehead atoms. The predicted molar refractivity (Wildman–Crippen MR) is 90.5 cm³/mol. The van der Waals surface area contributed by atoms with Crippen molar-refractivity contribution in [1.82, 2.24) is 0 Å². The van der Waals surface area contributed by atoms with Crippen LogP contribution in [0.25, 0.3) is 0 Å². The highest BCUT2D eigenvalue weighted by Crippen LogP contribution is 2.40. The monoisotopic (exact) mass is 311 g/mol. The number of benzene rings is 2. The minimum Gasteiger partial charge on any atom is -0.497 e. The van der Waals surface area contributed by atoms with E-state index in [1.807, 2.05) is 54.3 Å². The van der Waals surface area contributed by atoms with Crippen LogP contribution in [0, 0.1) is 0 Å². The number of amides is 1. The number of hydrogen-bond donors (Lipinski definition) is 0. The van der Waals surface area contributed by atoms with Crippen LogP contribution in [0.1, 0.15) is 24.0 Å². The summed E-state index contributed by atoms with van der Waals surface area (Å²) >= 11 is 0. The van der Waals surface area contributed by atoms with Crippen molar-refractivity contribution in [2.45, 2.75) is 19.3 Å². The Morgan fingerprint density at radius 2 is 1.87 bits per heavy atom. The standard InChI is InChI=1S/C19H21NO3/c1-4-20-17-8-6-5-7-15(17)16(19(20)21)11-13-9-10-14(22-2)12-18(13)23-3/h5-10,12,16H,4,11H2,1-3H3. The van der Waals surface area contributed by atoms with Crippen LogP contribution in [-0.2, 0) is 11.2 Å². The molecule has 4 heteroatoms. The molecule has 4 nitrogen and oxygen atoms in total. The van der Waals surface area contributed by atoms with Crippen LogP contribution in [0.2, 0.25) is 0 Å². The van der Waals surface area contributed by atoms with Gasteiger partial charge in [-0.2, -0.15) is 0 Å². The van der Waals surface area contributed by atoms with E-state index in [0.717, 1.165) is 28.3 Å². The summed E-state index contributed by atoms with van der Waals surface area (Å²) in [5.74, 6) is 1.50. The first-order valence-electron chi connectivity index (χ1n) is 7.80. The van der Waals surface area contributed by atoms with Crippen LogP contribution in [-0.4, -0.2) is 26.7 Å². The minimum atomic E-state index is -0.159. The number of hydrogen-bond acceptors (Lipinski definition) is 3. The molecule has 2 aromatic carbocycles. The SMILES string of the molecule is CCN1C(=O)C(Cc2ccc(OC)cc2OC)c2ccccc21. The molecule has 1 heterocycles. The Hall–Kier alpha value is -2.49. The largest absolute Gasteiger partial charge is 0.497 e. The van der Waals surface area contributed by atoms with Gasteiger partial charge in [-0.3, -0.25) is 4.79 Å². The van der Waals surface area contributed by atoms with Gasteiger partial charge in [-0.25, -0.2) is 0 Å². The van der Waals surface area contributed by atoms with Crippen LogP contribution in [0.15, 0.2) is 42.5 Å². The van der Waals surface area contributed by atoms with Gasteiger partial charge in [0.05, 0.1) is 20.1 Å². The third-order valence-electron chi connectivity index (χ3n) is 4.40. The summed E-state index contributed by atoms with van der Waals surface area (Å²) in [4.78, 5) is 14.6. The van der Waals surface area contributed by atoms with Gasteiger partial charge in [-0.05, 0) is 36.6 Å². The van der Waals surface area contributed by atoms with Gasteiger partial charge in [-0.15, -0.1) is 0 Å². The van der Waals surface area contributed by atoms with Crippen molar-refractivity contribution in [1.29, 1.82) is 0 Å². The maximum absolute atomic E-state index is 12.8. The van der Waals surface area contributed by atoms with Crippen LogP contribution in [0.5, 0.6) is 11.5 Å². The molecule has 0 saturated carbocycles. The number of carbonyl (C=O) groups excluding carboxylic acids is 1. The lowest BCUT2D eigenvalue weighted by Gasteiger charge is -2.16. The summed E-state index contributed by atoms with van der Waals surface area (Å²) in [7, 11) is 3.27. The van der Waals surface area contributed by atoms with E-state index in [1.165, 1.54) is 0 Å². The minimum absolute atomic E-state index is 0.159. The summed E-state index contributed by atoms with van der Waals surface area (Å²) < 4.78 is 10.7. The lowest BCUT2D eigenvalue weighted by molar-refractivity contribution is -0.119. The third-order valence-corrected chi connectivity index (χ3v) is 4.40. The molecule has 0 N–H and O–H groups in total. The summed E-state index contributed by atoms with van der Waals surface area (Å²) in [5, 5.41) is 0. The number of para-hydroxylation sites is 1. The van der Waals surface area contributed by atoms with Gasteiger partial charge in [0.25, 0.3) is 0 Å². The topological polar surface area (TPSA) is 38.8 Å². The van der Waals surface area contributed by atoms with E-state index in [0.29, 0.717) is 13.0 Å². The van der Waals surface area contributed by atoms with Crippen molar-refractivity contribution in [3.63, 3.8) is 0 Å². The van der Waals surface area contributed by atoms with E-state index in [4.69, 9.17) is 9.47 Å². The Kier molecular flexibility index (Phi) is 4.24. The Labute approximate surface area is 136 Å². The second kappa shape index (κ2) is 6.32. The highest BCUT2D eigenvalue weighted by atomic mass is 16.5. The zero-order valence-electron chi connectivity index (χ0n) is 13.7. The molecule has 2 aromatic rings. The molecule has 0 radical (unpaired) electrons. The highest BCUT2D eigenvalue weighted by molar-refractivity contribution is 6.05. The molecular formula is C19H21NO3. The van der Waals surface area contributed by atoms with Gasteiger partial charge in [0, 0.05) is 18.3 Å². The number of ether oxygens (including phenoxy) is 2. The first-order valence-corrected chi connectivity index (χ1v) is 7.80. The van der Waals surface area contributed by atoms with Gasteiger partial charge >= 0.3 is 0 Å². The normalized spacial score (nSPS) is 16.4. The number of likely N-dealkylation sites (N-methyl/N-ethyl adjacent to an activating group) is 1. The molecule has 0 fully saturated rings. The summed E-state index contributed by atoms with van der Waals surface area (Å²) in [5.41, 5.74) is 3.13. The Morgan fingerprint density at radius 3 is 2.57 bits per heavy atom. The number of carbonyl (C=O) groups is 1. The van der Waals surface area contributed by atoms with Crippen LogP contribution >= 0.6 is 0 Å². The second-order valence-electron chi connectivity index (χ2n) is 5.58. The highest BCUT2D eigenvalue weighted by Gasteiger charge is 2.36. The lowest BCUT2D eigenvalue weighted by Crippen LogP contribution is -2.29. The fraction of sp³-hybridized carbons (Fsp3) is 0.316. The third kappa shape index (κ3) is 2.65. The van der Waals surface area contributed by atoms with Crippen molar-refractivity contribution in [3.8, 4) is 11.5 Å². The quantitative estimate of drug-likeness (QED) is 0.849. The van der Waals surface area contributed by atoms with E-state index in [9.17, 15) is 4.79 Å². The number of rotatable bonds is 5. The van der Waals surface area contributed by atoms with Gasteiger partial charge in [-0.1, -0.05) is 24.3 Å². The van der Waals surface area contributed by atoms with Gasteiger partial charge in [0.15, 0.2) is 0 Å². The number of methoxy groups -OCH3 is 2. The van der Waals surface area contributed by atoms with E-state index < -0.39 is 0 Å². The molecule has 1 aliphatic heterocycles. The molecular weight excluding hydrogens is 290 g/mol. The van der Waals surface area contributed by atoms with Crippen molar-refractivity contribution in [2.24, 2.45) is 0 Å². The van der Waals surface area contributed by atoms with Gasteiger partial charge in [0.1, 0.15) is 11.5 Å². The van der Waals surface area contributed by atoms with Crippen LogP contribution in [0.3, 0.4) is 0 Å².